The third kappa shape index (κ3) is 2.32. The lowest BCUT2D eigenvalue weighted by molar-refractivity contribution is 0.969. The van der Waals surface area contributed by atoms with E-state index in [-0.39, 0.29) is 0 Å². The minimum Gasteiger partial charge on any atom is -0.264 e. The molecule has 0 aliphatic heterocycles. The van der Waals surface area contributed by atoms with Crippen LogP contribution in [0.5, 0.6) is 0 Å². The lowest BCUT2D eigenvalue weighted by Gasteiger charge is -1.95. The average molecular weight is 206 g/mol. The summed E-state index contributed by atoms with van der Waals surface area (Å²) in [5.74, 6) is 1.70. The first-order chi connectivity index (χ1) is 6.84. The van der Waals surface area contributed by atoms with Crippen LogP contribution in [0.15, 0.2) is 29.7 Å². The normalized spacial score (nSPS) is 10.4. The molecule has 0 saturated carbocycles. The zero-order valence-electron chi connectivity index (χ0n) is 7.77. The maximum atomic E-state index is 4.20. The van der Waals surface area contributed by atoms with Crippen molar-refractivity contribution >= 4 is 11.8 Å². The molecule has 0 radical (unpaired) electrons. The quantitative estimate of drug-likeness (QED) is 0.778. The number of hydrogen-bond acceptors (Lipinski definition) is 4. The van der Waals surface area contributed by atoms with E-state index in [1.807, 2.05) is 25.3 Å². The van der Waals surface area contributed by atoms with Crippen molar-refractivity contribution < 1.29 is 0 Å². The lowest BCUT2D eigenvalue weighted by atomic mass is 10.3. The van der Waals surface area contributed by atoms with Crippen LogP contribution in [0.2, 0.25) is 0 Å². The fourth-order valence-electron chi connectivity index (χ4n) is 1.02. The highest BCUT2D eigenvalue weighted by atomic mass is 32.2. The van der Waals surface area contributed by atoms with Crippen molar-refractivity contribution in [3.63, 3.8) is 0 Å². The fraction of sp³-hybridized carbons (Fsp3) is 0.222. The lowest BCUT2D eigenvalue weighted by Crippen LogP contribution is -1.82. The van der Waals surface area contributed by atoms with E-state index in [2.05, 4.69) is 20.2 Å². The van der Waals surface area contributed by atoms with E-state index in [0.717, 1.165) is 16.7 Å². The number of thioether (sulfide) groups is 1. The van der Waals surface area contributed by atoms with Crippen LogP contribution in [-0.2, 0) is 5.75 Å². The van der Waals surface area contributed by atoms with E-state index in [9.17, 15) is 0 Å². The van der Waals surface area contributed by atoms with Gasteiger partial charge in [0.25, 0.3) is 0 Å². The van der Waals surface area contributed by atoms with Crippen LogP contribution in [0.1, 0.15) is 11.4 Å². The van der Waals surface area contributed by atoms with Gasteiger partial charge in [0.2, 0.25) is 5.16 Å². The van der Waals surface area contributed by atoms with Crippen LogP contribution >= 0.6 is 11.8 Å². The Bertz CT molecular complexity index is 398. The van der Waals surface area contributed by atoms with E-state index >= 15 is 0 Å². The summed E-state index contributed by atoms with van der Waals surface area (Å²) in [6.45, 7) is 1.89. The number of aromatic amines is 1. The van der Waals surface area contributed by atoms with Gasteiger partial charge in [-0.3, -0.25) is 10.1 Å². The Hall–Kier alpha value is -1.36. The molecule has 1 N–H and O–H groups in total. The first-order valence-corrected chi connectivity index (χ1v) is 5.24. The summed E-state index contributed by atoms with van der Waals surface area (Å²) in [6.07, 6.45) is 3.62. The van der Waals surface area contributed by atoms with Gasteiger partial charge in [0, 0.05) is 18.1 Å². The van der Waals surface area contributed by atoms with Gasteiger partial charge in [-0.15, -0.1) is 5.10 Å². The van der Waals surface area contributed by atoms with Crippen LogP contribution in [0.3, 0.4) is 0 Å². The molecule has 14 heavy (non-hydrogen) atoms. The summed E-state index contributed by atoms with van der Waals surface area (Å²) >= 11 is 1.60. The molecule has 0 bridgehead atoms. The molecular weight excluding hydrogens is 196 g/mol. The van der Waals surface area contributed by atoms with Gasteiger partial charge in [-0.1, -0.05) is 17.8 Å². The smallest absolute Gasteiger partial charge is 0.208 e. The zero-order valence-corrected chi connectivity index (χ0v) is 8.58. The number of hydrogen-bond donors (Lipinski definition) is 1. The third-order valence-electron chi connectivity index (χ3n) is 1.67. The predicted octanol–water partition coefficient (Wildman–Crippen LogP) is 1.80. The highest BCUT2D eigenvalue weighted by Gasteiger charge is 2.00. The molecule has 0 unspecified atom stereocenters. The van der Waals surface area contributed by atoms with E-state index in [0.29, 0.717) is 0 Å². The molecule has 0 atom stereocenters. The first kappa shape index (κ1) is 9.21. The second kappa shape index (κ2) is 4.23. The van der Waals surface area contributed by atoms with Crippen LogP contribution in [0.4, 0.5) is 0 Å². The van der Waals surface area contributed by atoms with Crippen LogP contribution < -0.4 is 0 Å². The topological polar surface area (TPSA) is 54.5 Å². The van der Waals surface area contributed by atoms with Crippen molar-refractivity contribution in [2.75, 3.05) is 0 Å². The molecule has 0 amide bonds. The molecule has 0 fully saturated rings. The van der Waals surface area contributed by atoms with Gasteiger partial charge in [0.15, 0.2) is 0 Å². The molecule has 0 spiro atoms. The average Bonchev–Trinajstić information content (AvgIpc) is 2.63. The Morgan fingerprint density at radius 2 is 2.43 bits per heavy atom. The van der Waals surface area contributed by atoms with Crippen molar-refractivity contribution in [2.24, 2.45) is 0 Å². The zero-order chi connectivity index (χ0) is 9.80. The van der Waals surface area contributed by atoms with Gasteiger partial charge in [0.1, 0.15) is 5.82 Å². The predicted molar refractivity (Wildman–Crippen MR) is 54.9 cm³/mol. The minimum atomic E-state index is 0.784. The number of nitrogens with one attached hydrogen (secondary N) is 1. The first-order valence-electron chi connectivity index (χ1n) is 4.25. The standard InChI is InChI=1S/C9H10N4S/c1-7-11-9(13-12-7)14-6-8-3-2-4-10-5-8/h2-5H,6H2,1H3,(H,11,12,13). The Morgan fingerprint density at radius 3 is 3.07 bits per heavy atom. The fourth-order valence-corrected chi connectivity index (χ4v) is 1.80. The Balaban J connectivity index is 1.95. The number of rotatable bonds is 3. The molecule has 0 aliphatic rings. The maximum absolute atomic E-state index is 4.20. The highest BCUT2D eigenvalue weighted by Crippen LogP contribution is 2.17. The Morgan fingerprint density at radius 1 is 1.50 bits per heavy atom. The van der Waals surface area contributed by atoms with Crippen LogP contribution in [-0.4, -0.2) is 20.2 Å². The maximum Gasteiger partial charge on any atom is 0.208 e. The van der Waals surface area contributed by atoms with Gasteiger partial charge in [-0.05, 0) is 18.6 Å². The van der Waals surface area contributed by atoms with Gasteiger partial charge >= 0.3 is 0 Å². The Labute approximate surface area is 86.2 Å². The number of aromatic nitrogens is 4. The van der Waals surface area contributed by atoms with Gasteiger partial charge in [0.05, 0.1) is 0 Å². The molecule has 5 heteroatoms. The van der Waals surface area contributed by atoms with E-state index in [1.54, 1.807) is 18.0 Å². The number of nitrogens with zero attached hydrogens (tertiary/aromatic N) is 3. The van der Waals surface area contributed by atoms with E-state index in [1.165, 1.54) is 5.56 Å². The molecule has 72 valence electrons. The molecule has 0 saturated heterocycles. The van der Waals surface area contributed by atoms with Gasteiger partial charge in [-0.2, -0.15) is 0 Å². The SMILES string of the molecule is Cc1nc(SCc2cccnc2)n[nH]1. The van der Waals surface area contributed by atoms with Crippen molar-refractivity contribution in [3.8, 4) is 0 Å². The number of pyridine rings is 1. The molecule has 2 aromatic rings. The van der Waals surface area contributed by atoms with Crippen LogP contribution in [0.25, 0.3) is 0 Å². The van der Waals surface area contributed by atoms with Crippen molar-refractivity contribution in [1.29, 1.82) is 0 Å². The molecule has 0 aromatic carbocycles. The monoisotopic (exact) mass is 206 g/mol. The summed E-state index contributed by atoms with van der Waals surface area (Å²) in [5.41, 5.74) is 1.18. The minimum absolute atomic E-state index is 0.784. The second-order valence-corrected chi connectivity index (χ2v) is 3.80. The van der Waals surface area contributed by atoms with Gasteiger partial charge in [-0.25, -0.2) is 4.98 Å². The van der Waals surface area contributed by atoms with Gasteiger partial charge < -0.3 is 0 Å². The molecule has 2 heterocycles. The van der Waals surface area contributed by atoms with Crippen molar-refractivity contribution in [1.82, 2.24) is 20.2 Å². The summed E-state index contributed by atoms with van der Waals surface area (Å²) in [5, 5.41) is 7.63. The van der Waals surface area contributed by atoms with E-state index in [4.69, 9.17) is 0 Å². The van der Waals surface area contributed by atoms with Crippen LogP contribution in [0, 0.1) is 6.92 Å². The molecule has 4 nitrogen and oxygen atoms in total. The van der Waals surface area contributed by atoms with E-state index < -0.39 is 0 Å². The summed E-state index contributed by atoms with van der Waals surface area (Å²) in [6, 6.07) is 3.97. The third-order valence-corrected chi connectivity index (χ3v) is 2.59. The summed E-state index contributed by atoms with van der Waals surface area (Å²) in [4.78, 5) is 8.24. The largest absolute Gasteiger partial charge is 0.264 e. The highest BCUT2D eigenvalue weighted by molar-refractivity contribution is 7.98. The molecule has 2 rings (SSSR count). The van der Waals surface area contributed by atoms with Crippen molar-refractivity contribution in [3.05, 3.63) is 35.9 Å². The molecule has 2 aromatic heterocycles. The molecular formula is C9H10N4S. The summed E-state index contributed by atoms with van der Waals surface area (Å²) < 4.78 is 0. The summed E-state index contributed by atoms with van der Waals surface area (Å²) in [7, 11) is 0. The Kier molecular flexibility index (Phi) is 2.78. The molecule has 0 aliphatic carbocycles. The second-order valence-electron chi connectivity index (χ2n) is 2.85. The number of aryl methyl sites for hydroxylation is 1. The number of H-pyrrole nitrogens is 1. The van der Waals surface area contributed by atoms with Crippen molar-refractivity contribution in [2.45, 2.75) is 17.8 Å².